The van der Waals surface area contributed by atoms with E-state index in [1.165, 1.54) is 12.1 Å². The maximum atomic E-state index is 13.3. The first-order valence-electron chi connectivity index (χ1n) is 7.72. The van der Waals surface area contributed by atoms with Crippen molar-refractivity contribution in [2.45, 2.75) is 25.5 Å². The number of hydrogen-bond acceptors (Lipinski definition) is 2. The largest absolute Gasteiger partial charge is 0.374 e. The molecule has 1 heterocycles. The van der Waals surface area contributed by atoms with Gasteiger partial charge in [-0.1, -0.05) is 49.4 Å². The van der Waals surface area contributed by atoms with Crippen molar-refractivity contribution in [3.63, 3.8) is 0 Å². The minimum Gasteiger partial charge on any atom is -0.374 e. The quantitative estimate of drug-likeness (QED) is 0.780. The van der Waals surface area contributed by atoms with Crippen LogP contribution in [0.5, 0.6) is 0 Å². The van der Waals surface area contributed by atoms with E-state index in [0.29, 0.717) is 17.8 Å². The molecule has 1 unspecified atom stereocenters. The van der Waals surface area contributed by atoms with Gasteiger partial charge in [0.05, 0.1) is 5.69 Å². The van der Waals surface area contributed by atoms with Crippen molar-refractivity contribution < 1.29 is 9.50 Å². The number of aromatic nitrogens is 2. The van der Waals surface area contributed by atoms with E-state index in [-0.39, 0.29) is 5.82 Å². The maximum absolute atomic E-state index is 13.3. The van der Waals surface area contributed by atoms with Crippen molar-refractivity contribution in [2.24, 2.45) is 0 Å². The summed E-state index contributed by atoms with van der Waals surface area (Å²) in [5, 5.41) is 16.0. The Morgan fingerprint density at radius 1 is 1.00 bits per heavy atom. The highest BCUT2D eigenvalue weighted by molar-refractivity contribution is 5.44. The Kier molecular flexibility index (Phi) is 4.26. The molecule has 0 saturated heterocycles. The fraction of sp³-hybridized carbons (Fsp3) is 0.211. The van der Waals surface area contributed by atoms with Gasteiger partial charge in [-0.2, -0.15) is 5.10 Å². The van der Waals surface area contributed by atoms with Gasteiger partial charge >= 0.3 is 0 Å². The zero-order chi connectivity index (χ0) is 16.3. The molecule has 2 aromatic carbocycles. The Morgan fingerprint density at radius 2 is 1.65 bits per heavy atom. The summed E-state index contributed by atoms with van der Waals surface area (Å²) < 4.78 is 15.1. The van der Waals surface area contributed by atoms with Crippen LogP contribution in [0.1, 0.15) is 30.2 Å². The van der Waals surface area contributed by atoms with Crippen molar-refractivity contribution in [1.82, 2.24) is 9.78 Å². The Hall–Kier alpha value is -2.46. The Labute approximate surface area is 135 Å². The molecule has 1 aromatic heterocycles. The van der Waals surface area contributed by atoms with E-state index >= 15 is 0 Å². The summed E-state index contributed by atoms with van der Waals surface area (Å²) in [5.41, 5.74) is 0.644. The van der Waals surface area contributed by atoms with Gasteiger partial charge in [0.2, 0.25) is 0 Å². The lowest BCUT2D eigenvalue weighted by atomic mass is 9.83. The van der Waals surface area contributed by atoms with Crippen LogP contribution < -0.4 is 0 Å². The van der Waals surface area contributed by atoms with Crippen LogP contribution >= 0.6 is 0 Å². The van der Waals surface area contributed by atoms with Crippen molar-refractivity contribution in [3.8, 4) is 0 Å². The second-order valence-corrected chi connectivity index (χ2v) is 5.52. The molecule has 118 valence electrons. The number of benzene rings is 2. The predicted octanol–water partition coefficient (Wildman–Crippen LogP) is 3.72. The van der Waals surface area contributed by atoms with Crippen LogP contribution in [0.2, 0.25) is 0 Å². The average Bonchev–Trinajstić information content (AvgIpc) is 3.05. The molecular weight excluding hydrogens is 291 g/mol. The van der Waals surface area contributed by atoms with Crippen molar-refractivity contribution in [3.05, 3.63) is 89.5 Å². The molecule has 3 nitrogen and oxygen atoms in total. The average molecular weight is 310 g/mol. The molecule has 0 amide bonds. The zero-order valence-electron chi connectivity index (χ0n) is 13.0. The molecule has 1 atom stereocenters. The molecule has 3 aromatic rings. The molecule has 0 aliphatic rings. The number of aliphatic hydroxyl groups is 1. The summed E-state index contributed by atoms with van der Waals surface area (Å²) in [4.78, 5) is 0. The van der Waals surface area contributed by atoms with Crippen LogP contribution in [0.4, 0.5) is 4.39 Å². The highest BCUT2D eigenvalue weighted by Gasteiger charge is 2.36. The Bertz CT molecular complexity index is 768. The van der Waals surface area contributed by atoms with Crippen LogP contribution in [-0.4, -0.2) is 14.9 Å². The second-order valence-electron chi connectivity index (χ2n) is 5.52. The van der Waals surface area contributed by atoms with Crippen LogP contribution in [-0.2, 0) is 12.1 Å². The van der Waals surface area contributed by atoms with Crippen molar-refractivity contribution in [2.75, 3.05) is 0 Å². The number of rotatable bonds is 5. The summed E-state index contributed by atoms with van der Waals surface area (Å²) in [6.45, 7) is 2.77. The van der Waals surface area contributed by atoms with Crippen molar-refractivity contribution >= 4 is 0 Å². The van der Waals surface area contributed by atoms with Gasteiger partial charge in [-0.3, -0.25) is 4.68 Å². The molecule has 0 radical (unpaired) electrons. The molecule has 0 spiro atoms. The van der Waals surface area contributed by atoms with Crippen LogP contribution in [0.15, 0.2) is 66.9 Å². The molecule has 1 N–H and O–H groups in total. The molecule has 0 fully saturated rings. The van der Waals surface area contributed by atoms with Gasteiger partial charge in [0.15, 0.2) is 5.60 Å². The van der Waals surface area contributed by atoms with E-state index in [1.54, 1.807) is 23.0 Å². The third-order valence-corrected chi connectivity index (χ3v) is 3.98. The lowest BCUT2D eigenvalue weighted by Gasteiger charge is -2.30. The Balaban J connectivity index is 2.21. The number of nitrogens with zero attached hydrogens (tertiary/aromatic N) is 2. The Morgan fingerprint density at radius 3 is 2.30 bits per heavy atom. The minimum atomic E-state index is -1.37. The fourth-order valence-electron chi connectivity index (χ4n) is 2.86. The molecule has 3 rings (SSSR count). The van der Waals surface area contributed by atoms with Gasteiger partial charge in [0, 0.05) is 12.7 Å². The molecule has 0 aliphatic carbocycles. The summed E-state index contributed by atoms with van der Waals surface area (Å²) in [6, 6.07) is 17.2. The summed E-state index contributed by atoms with van der Waals surface area (Å²) in [7, 11) is 0. The first-order chi connectivity index (χ1) is 11.2. The monoisotopic (exact) mass is 310 g/mol. The fourth-order valence-corrected chi connectivity index (χ4v) is 2.86. The normalized spacial score (nSPS) is 13.7. The van der Waals surface area contributed by atoms with Gasteiger partial charge in [0.25, 0.3) is 0 Å². The van der Waals surface area contributed by atoms with Gasteiger partial charge in [-0.25, -0.2) is 4.39 Å². The van der Waals surface area contributed by atoms with Gasteiger partial charge < -0.3 is 5.11 Å². The minimum absolute atomic E-state index is 0.328. The number of hydrogen-bond donors (Lipinski definition) is 1. The van der Waals surface area contributed by atoms with E-state index in [4.69, 9.17) is 0 Å². The molecule has 4 heteroatoms. The SMILES string of the molecule is CCCn1nccc1C(O)(c1ccccc1)c1ccc(F)cc1. The predicted molar refractivity (Wildman–Crippen MR) is 87.5 cm³/mol. The van der Waals surface area contributed by atoms with Crippen LogP contribution in [0.25, 0.3) is 0 Å². The van der Waals surface area contributed by atoms with E-state index in [0.717, 1.165) is 12.0 Å². The van der Waals surface area contributed by atoms with Gasteiger partial charge in [-0.15, -0.1) is 0 Å². The van der Waals surface area contributed by atoms with E-state index in [1.807, 2.05) is 36.4 Å². The lowest BCUT2D eigenvalue weighted by Crippen LogP contribution is -2.32. The highest BCUT2D eigenvalue weighted by Crippen LogP contribution is 2.36. The van der Waals surface area contributed by atoms with Crippen LogP contribution in [0, 0.1) is 5.82 Å². The molecule has 0 saturated carbocycles. The summed E-state index contributed by atoms with van der Waals surface area (Å²) in [6.07, 6.45) is 2.59. The summed E-state index contributed by atoms with van der Waals surface area (Å²) in [5.74, 6) is -0.328. The third-order valence-electron chi connectivity index (χ3n) is 3.98. The molecular formula is C19H19FN2O. The topological polar surface area (TPSA) is 38.0 Å². The maximum Gasteiger partial charge on any atom is 0.156 e. The highest BCUT2D eigenvalue weighted by atomic mass is 19.1. The van der Waals surface area contributed by atoms with Crippen LogP contribution in [0.3, 0.4) is 0 Å². The number of aryl methyl sites for hydroxylation is 1. The second kappa shape index (κ2) is 6.34. The smallest absolute Gasteiger partial charge is 0.156 e. The third kappa shape index (κ3) is 2.78. The number of halogens is 1. The van der Waals surface area contributed by atoms with E-state index in [2.05, 4.69) is 12.0 Å². The zero-order valence-corrected chi connectivity index (χ0v) is 13.0. The first-order valence-corrected chi connectivity index (χ1v) is 7.72. The first kappa shape index (κ1) is 15.4. The standard InChI is InChI=1S/C19H19FN2O/c1-2-14-22-18(12-13-21-22)19(23,15-6-4-3-5-7-15)16-8-10-17(20)11-9-16/h3-13,23H,2,14H2,1H3. The van der Waals surface area contributed by atoms with Gasteiger partial charge in [-0.05, 0) is 35.7 Å². The molecule has 23 heavy (non-hydrogen) atoms. The van der Waals surface area contributed by atoms with E-state index in [9.17, 15) is 9.50 Å². The molecule has 0 aliphatic heterocycles. The summed E-state index contributed by atoms with van der Waals surface area (Å²) >= 11 is 0. The lowest BCUT2D eigenvalue weighted by molar-refractivity contribution is 0.114. The van der Waals surface area contributed by atoms with E-state index < -0.39 is 5.60 Å². The van der Waals surface area contributed by atoms with Crippen molar-refractivity contribution in [1.29, 1.82) is 0 Å². The molecule has 0 bridgehead atoms. The van der Waals surface area contributed by atoms with Gasteiger partial charge in [0.1, 0.15) is 5.82 Å².